The molecule has 0 aliphatic rings. The first-order chi connectivity index (χ1) is 44.3. The van der Waals surface area contributed by atoms with Crippen LogP contribution in [0.5, 0.6) is 0 Å². The molecule has 0 radical (unpaired) electrons. The zero-order chi connectivity index (χ0) is 60.4. The van der Waals surface area contributed by atoms with Gasteiger partial charge in [0.2, 0.25) is 0 Å². The fourth-order valence-corrected chi connectivity index (χ4v) is 14.6. The maximum atomic E-state index is 2.48. The smallest absolute Gasteiger partial charge is 0.0540 e. The van der Waals surface area contributed by atoms with Gasteiger partial charge < -0.3 is 9.80 Å². The highest BCUT2D eigenvalue weighted by Gasteiger charge is 2.25. The molecule has 0 heterocycles. The number of anilines is 6. The van der Waals surface area contributed by atoms with E-state index in [4.69, 9.17) is 0 Å². The summed E-state index contributed by atoms with van der Waals surface area (Å²) in [6.45, 7) is 9.13. The van der Waals surface area contributed by atoms with Crippen LogP contribution in [0.3, 0.4) is 0 Å². The maximum Gasteiger partial charge on any atom is 0.0540 e. The second-order valence-corrected chi connectivity index (χ2v) is 24.2. The summed E-state index contributed by atoms with van der Waals surface area (Å²) >= 11 is 0. The fourth-order valence-electron chi connectivity index (χ4n) is 14.6. The summed E-state index contributed by atoms with van der Waals surface area (Å²) in [6, 6.07) is 117. The molecule has 0 spiro atoms. The highest BCUT2D eigenvalue weighted by atomic mass is 15.2. The summed E-state index contributed by atoms with van der Waals surface area (Å²) < 4.78 is 0. The molecule has 2 nitrogen and oxygen atoms in total. The van der Waals surface area contributed by atoms with Gasteiger partial charge in [-0.15, -0.1) is 0 Å². The molecular weight excluding hydrogens is 1080 g/mol. The quantitative estimate of drug-likeness (QED) is 0.119. The first kappa shape index (κ1) is 54.1. The van der Waals surface area contributed by atoms with E-state index in [1.54, 1.807) is 0 Å². The van der Waals surface area contributed by atoms with Crippen molar-refractivity contribution in [2.24, 2.45) is 0 Å². The number of nitrogens with zero attached hydrogens (tertiary/aromatic N) is 2. The van der Waals surface area contributed by atoms with E-state index in [0.29, 0.717) is 0 Å². The van der Waals surface area contributed by atoms with Crippen LogP contribution in [-0.2, 0) is 0 Å². The van der Waals surface area contributed by atoms with Gasteiger partial charge in [0.05, 0.1) is 22.7 Å². The summed E-state index contributed by atoms with van der Waals surface area (Å²) in [6.07, 6.45) is 0. The topological polar surface area (TPSA) is 6.48 Å². The number of para-hydroxylation sites is 2. The lowest BCUT2D eigenvalue weighted by Crippen LogP contribution is -2.14. The van der Waals surface area contributed by atoms with E-state index < -0.39 is 0 Å². The summed E-state index contributed by atoms with van der Waals surface area (Å²) in [5, 5.41) is 15.4. The Bertz CT molecular complexity index is 4990. The molecule has 0 N–H and O–H groups in total. The minimum atomic E-state index is 1.10. The first-order valence-electron chi connectivity index (χ1n) is 31.3. The highest BCUT2D eigenvalue weighted by molar-refractivity contribution is 6.27. The highest BCUT2D eigenvalue weighted by Crippen LogP contribution is 2.49. The normalized spacial score (nSPS) is 11.6. The van der Waals surface area contributed by atoms with Gasteiger partial charge in [-0.05, 0) is 232 Å². The van der Waals surface area contributed by atoms with E-state index in [2.05, 4.69) is 353 Å². The number of fused-ring (bicyclic) bond motifs is 12. The van der Waals surface area contributed by atoms with Crippen LogP contribution in [0.1, 0.15) is 22.3 Å². The van der Waals surface area contributed by atoms with Gasteiger partial charge in [0.25, 0.3) is 0 Å². The van der Waals surface area contributed by atoms with Crippen LogP contribution in [0.25, 0.3) is 120 Å². The SMILES string of the molecule is Cc1cc(-c2cc(C)c(N(c3ccc(-c4ccc5c6ccccc6c6ccccc6c5c4)cc3)c3ccccc3-c3ccccc3)c(C)c2)cc(C)c1N(c1ccc(-c2ccc3c4ccccc4c4ccccc4c3c2)cc1)c1ccccc1-c1ccccc1. The Kier molecular flexibility index (Phi) is 13.5. The van der Waals surface area contributed by atoms with E-state index in [0.717, 1.165) is 22.7 Å². The van der Waals surface area contributed by atoms with Gasteiger partial charge in [0.15, 0.2) is 0 Å². The summed E-state index contributed by atoms with van der Waals surface area (Å²) in [7, 11) is 0. The third kappa shape index (κ3) is 9.35. The Balaban J connectivity index is 0.786. The van der Waals surface area contributed by atoms with Crippen molar-refractivity contribution in [1.82, 2.24) is 0 Å². The van der Waals surface area contributed by atoms with E-state index in [1.165, 1.54) is 154 Å². The number of benzene rings is 16. The van der Waals surface area contributed by atoms with Crippen LogP contribution >= 0.6 is 0 Å². The van der Waals surface area contributed by atoms with Gasteiger partial charge in [-0.2, -0.15) is 0 Å². The van der Waals surface area contributed by atoms with Gasteiger partial charge in [-0.3, -0.25) is 0 Å². The van der Waals surface area contributed by atoms with Crippen molar-refractivity contribution in [1.29, 1.82) is 0 Å². The monoisotopic (exact) mass is 1150 g/mol. The molecule has 16 aromatic rings. The molecule has 0 atom stereocenters. The first-order valence-corrected chi connectivity index (χ1v) is 31.3. The van der Waals surface area contributed by atoms with Crippen molar-refractivity contribution in [2.75, 3.05) is 9.80 Å². The minimum absolute atomic E-state index is 1.10. The molecule has 426 valence electrons. The van der Waals surface area contributed by atoms with Crippen molar-refractivity contribution in [3.8, 4) is 55.6 Å². The van der Waals surface area contributed by atoms with Gasteiger partial charge in [0.1, 0.15) is 0 Å². The summed E-state index contributed by atoms with van der Waals surface area (Å²) in [5.74, 6) is 0. The van der Waals surface area contributed by atoms with E-state index in [-0.39, 0.29) is 0 Å². The van der Waals surface area contributed by atoms with Gasteiger partial charge >= 0.3 is 0 Å². The van der Waals surface area contributed by atoms with Crippen LogP contribution in [0.15, 0.2) is 315 Å². The zero-order valence-corrected chi connectivity index (χ0v) is 50.9. The predicted molar refractivity (Wildman–Crippen MR) is 387 cm³/mol. The molecule has 0 aliphatic heterocycles. The van der Waals surface area contributed by atoms with E-state index >= 15 is 0 Å². The van der Waals surface area contributed by atoms with Crippen molar-refractivity contribution >= 4 is 98.8 Å². The van der Waals surface area contributed by atoms with Crippen LogP contribution in [0, 0.1) is 27.7 Å². The molecule has 2 heteroatoms. The predicted octanol–water partition coefficient (Wildman–Crippen LogP) is 25.1. The molecule has 0 saturated heterocycles. The molecule has 16 rings (SSSR count). The van der Waals surface area contributed by atoms with Gasteiger partial charge in [-0.1, -0.05) is 243 Å². The van der Waals surface area contributed by atoms with Crippen molar-refractivity contribution in [2.45, 2.75) is 27.7 Å². The molecular formula is C88H64N2. The fraction of sp³-hybridized carbons (Fsp3) is 0.0455. The van der Waals surface area contributed by atoms with Crippen LogP contribution in [0.2, 0.25) is 0 Å². The molecule has 0 unspecified atom stereocenters. The van der Waals surface area contributed by atoms with Crippen LogP contribution in [0.4, 0.5) is 34.1 Å². The number of hydrogen-bond acceptors (Lipinski definition) is 2. The Hall–Kier alpha value is -11.3. The zero-order valence-electron chi connectivity index (χ0n) is 50.9. The Morgan fingerprint density at radius 1 is 0.178 bits per heavy atom. The Morgan fingerprint density at radius 3 is 0.756 bits per heavy atom. The van der Waals surface area contributed by atoms with Crippen molar-refractivity contribution < 1.29 is 0 Å². The summed E-state index contributed by atoms with van der Waals surface area (Å²) in [5.41, 5.74) is 23.3. The molecule has 0 amide bonds. The van der Waals surface area contributed by atoms with Gasteiger partial charge in [0, 0.05) is 22.5 Å². The average Bonchev–Trinajstić information content (AvgIpc) is 2.91. The molecule has 16 aromatic carbocycles. The second-order valence-electron chi connectivity index (χ2n) is 24.2. The summed E-state index contributed by atoms with van der Waals surface area (Å²) in [4.78, 5) is 4.97. The lowest BCUT2D eigenvalue weighted by atomic mass is 9.92. The molecule has 0 saturated carbocycles. The maximum absolute atomic E-state index is 2.48. The largest absolute Gasteiger partial charge is 0.309 e. The molecule has 0 fully saturated rings. The van der Waals surface area contributed by atoms with Crippen LogP contribution < -0.4 is 9.80 Å². The standard InChI is InChI=1S/C88H64N2/c1-57-51-67(52-58(2)87(57)89(85-37-21-19-27-71(85)63-23-7-5-8-24-63)69-45-39-61(40-46-69)65-43-49-81-77-33-13-11-29-73(77)75-31-15-17-35-79(75)83(81)55-65)68-53-59(3)88(60(4)54-68)90(86-38-22-20-28-72(86)64-25-9-6-10-26-64)70-47-41-62(42-48-70)66-44-50-82-78-34-14-12-30-74(78)76-32-16-18-36-80(76)84(82)56-66/h5-56H,1-4H3. The lowest BCUT2D eigenvalue weighted by Gasteiger charge is -2.32. The van der Waals surface area contributed by atoms with Crippen LogP contribution in [-0.4, -0.2) is 0 Å². The van der Waals surface area contributed by atoms with E-state index in [9.17, 15) is 0 Å². The number of aryl methyl sites for hydroxylation is 4. The molecule has 0 aromatic heterocycles. The average molecular weight is 1150 g/mol. The van der Waals surface area contributed by atoms with Gasteiger partial charge in [-0.25, -0.2) is 0 Å². The molecule has 0 bridgehead atoms. The number of hydrogen-bond donors (Lipinski definition) is 0. The minimum Gasteiger partial charge on any atom is -0.309 e. The lowest BCUT2D eigenvalue weighted by molar-refractivity contribution is 1.21. The third-order valence-electron chi connectivity index (χ3n) is 18.6. The third-order valence-corrected chi connectivity index (χ3v) is 18.6. The Labute approximate surface area is 526 Å². The van der Waals surface area contributed by atoms with Crippen molar-refractivity contribution in [3.05, 3.63) is 338 Å². The van der Waals surface area contributed by atoms with Crippen molar-refractivity contribution in [3.63, 3.8) is 0 Å². The molecule has 90 heavy (non-hydrogen) atoms. The Morgan fingerprint density at radius 2 is 0.433 bits per heavy atom. The number of rotatable bonds is 11. The second kappa shape index (κ2) is 22.4. The molecule has 0 aliphatic carbocycles. The van der Waals surface area contributed by atoms with E-state index in [1.807, 2.05) is 0 Å².